The summed E-state index contributed by atoms with van der Waals surface area (Å²) in [6.07, 6.45) is 7.72. The second kappa shape index (κ2) is 11.5. The van der Waals surface area contributed by atoms with Crippen LogP contribution < -0.4 is 15.5 Å². The first-order valence-corrected chi connectivity index (χ1v) is 16.5. The van der Waals surface area contributed by atoms with Gasteiger partial charge in [0.25, 0.3) is 0 Å². The van der Waals surface area contributed by atoms with Crippen LogP contribution in [0.3, 0.4) is 0 Å². The Hall–Kier alpha value is -3.95. The zero-order valence-corrected chi connectivity index (χ0v) is 26.1. The van der Waals surface area contributed by atoms with Gasteiger partial charge in [0.15, 0.2) is 0 Å². The van der Waals surface area contributed by atoms with Crippen molar-refractivity contribution in [3.63, 3.8) is 0 Å². The van der Waals surface area contributed by atoms with E-state index in [0.29, 0.717) is 60.2 Å². The van der Waals surface area contributed by atoms with Gasteiger partial charge in [0, 0.05) is 67.5 Å². The molecule has 6 heterocycles. The van der Waals surface area contributed by atoms with Crippen molar-refractivity contribution in [3.05, 3.63) is 46.7 Å². The number of nitriles is 1. The molecule has 0 spiro atoms. The predicted octanol–water partition coefficient (Wildman–Crippen LogP) is 3.80. The van der Waals surface area contributed by atoms with Gasteiger partial charge in [-0.2, -0.15) is 10.2 Å². The summed E-state index contributed by atoms with van der Waals surface area (Å²) in [5.74, 6) is 1.81. The van der Waals surface area contributed by atoms with Gasteiger partial charge in [-0.1, -0.05) is 11.7 Å². The number of aromatic nitrogens is 3. The number of amides is 1. The first-order valence-electron chi connectivity index (χ1n) is 15.7. The summed E-state index contributed by atoms with van der Waals surface area (Å²) in [5, 5.41) is 14.9. The Labute approximate surface area is 261 Å². The minimum absolute atomic E-state index is 0.0311. The van der Waals surface area contributed by atoms with Crippen LogP contribution >= 0.6 is 11.3 Å². The van der Waals surface area contributed by atoms with E-state index in [2.05, 4.69) is 45.5 Å². The molecule has 0 radical (unpaired) electrons. The molecule has 230 valence electrons. The molecule has 2 unspecified atom stereocenters. The first-order chi connectivity index (χ1) is 21.4. The maximum atomic E-state index is 12.2. The summed E-state index contributed by atoms with van der Waals surface area (Å²) in [6, 6.07) is 7.08. The molecule has 3 aromatic rings. The van der Waals surface area contributed by atoms with Gasteiger partial charge in [-0.3, -0.25) is 9.69 Å². The number of hydrogen-bond acceptors (Lipinski definition) is 11. The monoisotopic (exact) mass is 613 g/mol. The topological polar surface area (TPSA) is 132 Å². The number of thiophene rings is 1. The summed E-state index contributed by atoms with van der Waals surface area (Å²) < 4.78 is 5.98. The van der Waals surface area contributed by atoms with Crippen molar-refractivity contribution in [2.75, 3.05) is 67.9 Å². The van der Waals surface area contributed by atoms with Crippen molar-refractivity contribution in [1.82, 2.24) is 24.9 Å². The number of rotatable bonds is 6. The number of likely N-dealkylation sites (tertiary alicyclic amines) is 1. The number of fused-ring (bicyclic) bond motifs is 1. The Balaban J connectivity index is 1.22. The standard InChI is InChI=1S/C32H39N9O2S/c1-3-27(42)40-15-13-39(14-16-40)22-17-24(35-26(18-22)41-12-8-21(20-41)38-10-4-5-11-38)30-36-31(43-37-30)32(2)9-6-7-25-28(32)23(19-33)29(34)44-25/h3,17-18,21H,1,4-16,20,34H2,2H3. The molecular weight excluding hydrogens is 574 g/mol. The molecule has 3 aliphatic heterocycles. The number of anilines is 3. The molecule has 12 heteroatoms. The lowest BCUT2D eigenvalue weighted by molar-refractivity contribution is -0.126. The summed E-state index contributed by atoms with van der Waals surface area (Å²) >= 11 is 1.50. The molecule has 4 aliphatic rings. The van der Waals surface area contributed by atoms with Gasteiger partial charge >= 0.3 is 0 Å². The molecule has 3 saturated heterocycles. The van der Waals surface area contributed by atoms with E-state index < -0.39 is 5.41 Å². The number of pyridine rings is 1. The Morgan fingerprint density at radius 2 is 1.93 bits per heavy atom. The molecule has 7 rings (SSSR count). The van der Waals surface area contributed by atoms with Gasteiger partial charge in [-0.25, -0.2) is 4.98 Å². The minimum Gasteiger partial charge on any atom is -0.389 e. The number of piperazine rings is 1. The Morgan fingerprint density at radius 3 is 2.68 bits per heavy atom. The van der Waals surface area contributed by atoms with Crippen LogP contribution in [0.4, 0.5) is 16.5 Å². The maximum Gasteiger partial charge on any atom is 0.246 e. The highest BCUT2D eigenvalue weighted by atomic mass is 32.1. The van der Waals surface area contributed by atoms with Crippen LogP contribution in [-0.4, -0.2) is 89.2 Å². The van der Waals surface area contributed by atoms with E-state index in [1.807, 2.05) is 11.0 Å². The van der Waals surface area contributed by atoms with Gasteiger partial charge < -0.3 is 25.0 Å². The lowest BCUT2D eigenvalue weighted by atomic mass is 9.72. The highest BCUT2D eigenvalue weighted by Crippen LogP contribution is 2.48. The second-order valence-electron chi connectivity index (χ2n) is 12.6. The third kappa shape index (κ3) is 5.02. The average Bonchev–Trinajstić information content (AvgIpc) is 3.87. The summed E-state index contributed by atoms with van der Waals surface area (Å²) in [6.45, 7) is 12.7. The highest BCUT2D eigenvalue weighted by Gasteiger charge is 2.43. The molecule has 3 aromatic heterocycles. The first kappa shape index (κ1) is 28.8. The van der Waals surface area contributed by atoms with Crippen molar-refractivity contribution in [2.45, 2.75) is 56.9 Å². The fourth-order valence-electron chi connectivity index (χ4n) is 7.49. The van der Waals surface area contributed by atoms with Crippen molar-refractivity contribution < 1.29 is 9.32 Å². The van der Waals surface area contributed by atoms with Gasteiger partial charge in [-0.15, -0.1) is 11.3 Å². The molecule has 0 saturated carbocycles. The second-order valence-corrected chi connectivity index (χ2v) is 13.7. The van der Waals surface area contributed by atoms with E-state index in [4.69, 9.17) is 20.2 Å². The Kier molecular flexibility index (Phi) is 7.54. The molecule has 2 N–H and O–H groups in total. The summed E-state index contributed by atoms with van der Waals surface area (Å²) in [5.41, 5.74) is 8.82. The SMILES string of the molecule is C=CC(=O)N1CCN(c2cc(-c3noc(C4(C)CCCc5sc(N)c(C#N)c54)n3)nc(N3CCC(N4CCCC4)C3)c2)CC1. The minimum atomic E-state index is -0.593. The van der Waals surface area contributed by atoms with E-state index in [0.717, 1.165) is 60.7 Å². The summed E-state index contributed by atoms with van der Waals surface area (Å²) in [4.78, 5) is 32.5. The lowest BCUT2D eigenvalue weighted by Gasteiger charge is -2.36. The number of nitrogens with zero attached hydrogens (tertiary/aromatic N) is 8. The van der Waals surface area contributed by atoms with E-state index in [1.54, 1.807) is 0 Å². The molecule has 1 aliphatic carbocycles. The molecule has 44 heavy (non-hydrogen) atoms. The summed E-state index contributed by atoms with van der Waals surface area (Å²) in [7, 11) is 0. The van der Waals surface area contributed by atoms with E-state index in [-0.39, 0.29) is 5.91 Å². The molecule has 0 aromatic carbocycles. The van der Waals surface area contributed by atoms with Crippen LogP contribution in [0.1, 0.15) is 60.9 Å². The van der Waals surface area contributed by atoms with Gasteiger partial charge in [0.05, 0.1) is 11.0 Å². The number of carbonyl (C=O) groups is 1. The molecule has 2 atom stereocenters. The molecule has 0 bridgehead atoms. The molecular formula is C32H39N9O2S. The van der Waals surface area contributed by atoms with Crippen molar-refractivity contribution in [3.8, 4) is 17.6 Å². The van der Waals surface area contributed by atoms with Crippen LogP contribution in [-0.2, 0) is 16.6 Å². The van der Waals surface area contributed by atoms with E-state index in [9.17, 15) is 10.1 Å². The van der Waals surface area contributed by atoms with Crippen LogP contribution in [0, 0.1) is 11.3 Å². The highest BCUT2D eigenvalue weighted by molar-refractivity contribution is 7.16. The quantitative estimate of drug-likeness (QED) is 0.410. The smallest absolute Gasteiger partial charge is 0.246 e. The van der Waals surface area contributed by atoms with Crippen LogP contribution in [0.5, 0.6) is 0 Å². The fourth-order valence-corrected chi connectivity index (χ4v) is 8.68. The van der Waals surface area contributed by atoms with Crippen LogP contribution in [0.25, 0.3) is 11.5 Å². The number of aryl methyl sites for hydroxylation is 1. The van der Waals surface area contributed by atoms with Crippen LogP contribution in [0.2, 0.25) is 0 Å². The number of nitrogen functional groups attached to an aromatic ring is 1. The number of hydrogen-bond donors (Lipinski definition) is 1. The largest absolute Gasteiger partial charge is 0.389 e. The lowest BCUT2D eigenvalue weighted by Crippen LogP contribution is -2.48. The van der Waals surface area contributed by atoms with Crippen molar-refractivity contribution in [2.24, 2.45) is 0 Å². The molecule has 3 fully saturated rings. The van der Waals surface area contributed by atoms with Crippen LogP contribution in [0.15, 0.2) is 29.3 Å². The third-order valence-corrected chi connectivity index (χ3v) is 11.0. The van der Waals surface area contributed by atoms with E-state index in [1.165, 1.54) is 43.3 Å². The van der Waals surface area contributed by atoms with Crippen molar-refractivity contribution in [1.29, 1.82) is 5.26 Å². The maximum absolute atomic E-state index is 12.2. The average molecular weight is 614 g/mol. The third-order valence-electron chi connectivity index (χ3n) is 9.95. The Morgan fingerprint density at radius 1 is 1.14 bits per heavy atom. The zero-order valence-electron chi connectivity index (χ0n) is 25.3. The molecule has 11 nitrogen and oxygen atoms in total. The van der Waals surface area contributed by atoms with E-state index >= 15 is 0 Å². The van der Waals surface area contributed by atoms with Gasteiger partial charge in [-0.05, 0) is 70.7 Å². The zero-order chi connectivity index (χ0) is 30.4. The molecule has 1 amide bonds. The normalized spacial score (nSPS) is 24.0. The Bertz CT molecular complexity index is 1610. The number of nitrogens with two attached hydrogens (primary N) is 1. The van der Waals surface area contributed by atoms with Gasteiger partial charge in [0.1, 0.15) is 22.6 Å². The van der Waals surface area contributed by atoms with Crippen molar-refractivity contribution >= 4 is 33.8 Å². The fraction of sp³-hybridized carbons (Fsp3) is 0.531. The predicted molar refractivity (Wildman–Crippen MR) is 171 cm³/mol. The van der Waals surface area contributed by atoms with Gasteiger partial charge in [0.2, 0.25) is 17.6 Å². The number of carbonyl (C=O) groups excluding carboxylic acids is 1.